The lowest BCUT2D eigenvalue weighted by molar-refractivity contribution is 0.171. The van der Waals surface area contributed by atoms with E-state index in [4.69, 9.17) is 15.2 Å². The normalized spacial score (nSPS) is 14.5. The highest BCUT2D eigenvalue weighted by molar-refractivity contribution is 5.52. The van der Waals surface area contributed by atoms with E-state index in [9.17, 15) is 5.11 Å². The fourth-order valence-corrected chi connectivity index (χ4v) is 2.65. The quantitative estimate of drug-likeness (QED) is 0.907. The van der Waals surface area contributed by atoms with Crippen molar-refractivity contribution in [1.82, 2.24) is 0 Å². The Morgan fingerprint density at radius 3 is 2.45 bits per heavy atom. The summed E-state index contributed by atoms with van der Waals surface area (Å²) >= 11 is 0. The Morgan fingerprint density at radius 1 is 1.09 bits per heavy atom. The lowest BCUT2D eigenvalue weighted by atomic mass is 10.0. The Balaban J connectivity index is 1.88. The fraction of sp³-hybridized carbons (Fsp3) is 0.294. The molecule has 5 nitrogen and oxygen atoms in total. The molecule has 1 aliphatic rings. The molecule has 3 N–H and O–H groups in total. The van der Waals surface area contributed by atoms with Gasteiger partial charge in [-0.1, -0.05) is 6.07 Å². The predicted molar refractivity (Wildman–Crippen MR) is 85.7 cm³/mol. The molecule has 116 valence electrons. The minimum absolute atomic E-state index is 0.0142. The zero-order valence-corrected chi connectivity index (χ0v) is 12.5. The number of phenolic OH excluding ortho intramolecular Hbond substituents is 1. The maximum atomic E-state index is 9.41. The van der Waals surface area contributed by atoms with Gasteiger partial charge in [-0.25, -0.2) is 0 Å². The second kappa shape index (κ2) is 6.15. The van der Waals surface area contributed by atoms with Gasteiger partial charge in [0.2, 0.25) is 0 Å². The average Bonchev–Trinajstić information content (AvgIpc) is 2.56. The van der Waals surface area contributed by atoms with E-state index >= 15 is 0 Å². The van der Waals surface area contributed by atoms with Crippen molar-refractivity contribution in [2.45, 2.75) is 6.04 Å². The van der Waals surface area contributed by atoms with E-state index in [1.807, 2.05) is 37.4 Å². The minimum Gasteiger partial charge on any atom is -0.508 e. The van der Waals surface area contributed by atoms with Crippen LogP contribution < -0.4 is 20.1 Å². The number of nitrogens with two attached hydrogens (primary N) is 1. The number of phenols is 1. The first-order valence-electron chi connectivity index (χ1n) is 7.30. The van der Waals surface area contributed by atoms with Crippen LogP contribution in [0.2, 0.25) is 0 Å². The molecule has 2 aromatic carbocycles. The Bertz CT molecular complexity index is 643. The van der Waals surface area contributed by atoms with Crippen molar-refractivity contribution in [2.75, 3.05) is 31.7 Å². The van der Waals surface area contributed by atoms with Crippen molar-refractivity contribution in [3.8, 4) is 17.2 Å². The third-order valence-corrected chi connectivity index (χ3v) is 3.90. The topological polar surface area (TPSA) is 68.0 Å². The average molecular weight is 300 g/mol. The van der Waals surface area contributed by atoms with Crippen LogP contribution in [0.3, 0.4) is 0 Å². The zero-order valence-electron chi connectivity index (χ0n) is 12.5. The molecular formula is C17H20N2O3. The Morgan fingerprint density at radius 2 is 1.77 bits per heavy atom. The van der Waals surface area contributed by atoms with Crippen LogP contribution in [0.1, 0.15) is 11.6 Å². The van der Waals surface area contributed by atoms with Crippen LogP contribution >= 0.6 is 0 Å². The van der Waals surface area contributed by atoms with Crippen LogP contribution in [0.4, 0.5) is 5.69 Å². The van der Waals surface area contributed by atoms with Crippen molar-refractivity contribution in [1.29, 1.82) is 0 Å². The SMILES string of the molecule is CN(c1ccc(O)cc1)C(CN)c1ccc2c(c1)OCCO2. The summed E-state index contributed by atoms with van der Waals surface area (Å²) in [5, 5.41) is 9.41. The highest BCUT2D eigenvalue weighted by atomic mass is 16.6. The van der Waals surface area contributed by atoms with Crippen LogP contribution in [-0.4, -0.2) is 31.9 Å². The molecule has 1 heterocycles. The van der Waals surface area contributed by atoms with Gasteiger partial charge in [0.15, 0.2) is 11.5 Å². The number of aromatic hydroxyl groups is 1. The summed E-state index contributed by atoms with van der Waals surface area (Å²) in [5.74, 6) is 1.79. The number of benzene rings is 2. The van der Waals surface area contributed by atoms with Gasteiger partial charge in [-0.05, 0) is 42.0 Å². The molecule has 1 aliphatic heterocycles. The number of hydrogen-bond acceptors (Lipinski definition) is 5. The van der Waals surface area contributed by atoms with E-state index in [2.05, 4.69) is 4.90 Å². The van der Waals surface area contributed by atoms with Gasteiger partial charge in [0.25, 0.3) is 0 Å². The van der Waals surface area contributed by atoms with Crippen LogP contribution in [0.5, 0.6) is 17.2 Å². The molecule has 0 radical (unpaired) electrons. The first kappa shape index (κ1) is 14.5. The Hall–Kier alpha value is -2.40. The molecule has 0 aromatic heterocycles. The molecule has 0 amide bonds. The number of likely N-dealkylation sites (N-methyl/N-ethyl adjacent to an activating group) is 1. The first-order valence-corrected chi connectivity index (χ1v) is 7.30. The number of fused-ring (bicyclic) bond motifs is 1. The molecule has 0 saturated carbocycles. The molecule has 5 heteroatoms. The number of rotatable bonds is 4. The molecule has 0 bridgehead atoms. The molecule has 1 atom stereocenters. The van der Waals surface area contributed by atoms with Crippen LogP contribution in [0.25, 0.3) is 0 Å². The number of ether oxygens (including phenoxy) is 2. The summed E-state index contributed by atoms with van der Waals surface area (Å²) in [4.78, 5) is 2.09. The smallest absolute Gasteiger partial charge is 0.161 e. The predicted octanol–water partition coefficient (Wildman–Crippen LogP) is 2.30. The van der Waals surface area contributed by atoms with Crippen molar-refractivity contribution >= 4 is 5.69 Å². The number of anilines is 1. The third kappa shape index (κ3) is 2.80. The van der Waals surface area contributed by atoms with Crippen LogP contribution in [-0.2, 0) is 0 Å². The maximum absolute atomic E-state index is 9.41. The monoisotopic (exact) mass is 300 g/mol. The molecular weight excluding hydrogens is 280 g/mol. The maximum Gasteiger partial charge on any atom is 0.161 e. The second-order valence-electron chi connectivity index (χ2n) is 5.28. The van der Waals surface area contributed by atoms with Gasteiger partial charge >= 0.3 is 0 Å². The zero-order chi connectivity index (χ0) is 15.5. The molecule has 0 saturated heterocycles. The van der Waals surface area contributed by atoms with Crippen molar-refractivity contribution in [3.63, 3.8) is 0 Å². The second-order valence-corrected chi connectivity index (χ2v) is 5.28. The van der Waals surface area contributed by atoms with Gasteiger partial charge in [-0.3, -0.25) is 0 Å². The minimum atomic E-state index is 0.0142. The summed E-state index contributed by atoms with van der Waals surface area (Å²) in [5.41, 5.74) is 8.05. The Kier molecular flexibility index (Phi) is 4.06. The van der Waals surface area contributed by atoms with Crippen molar-refractivity contribution in [3.05, 3.63) is 48.0 Å². The summed E-state index contributed by atoms with van der Waals surface area (Å²) in [7, 11) is 1.99. The molecule has 3 rings (SSSR count). The lowest BCUT2D eigenvalue weighted by Crippen LogP contribution is -2.30. The Labute approximate surface area is 129 Å². The third-order valence-electron chi connectivity index (χ3n) is 3.90. The van der Waals surface area contributed by atoms with E-state index in [0.717, 1.165) is 22.7 Å². The summed E-state index contributed by atoms with van der Waals surface area (Å²) in [6, 6.07) is 13.0. The first-order chi connectivity index (χ1) is 10.7. The summed E-state index contributed by atoms with van der Waals surface area (Å²) in [6.07, 6.45) is 0. The van der Waals surface area contributed by atoms with Gasteiger partial charge in [0.05, 0.1) is 6.04 Å². The molecule has 22 heavy (non-hydrogen) atoms. The molecule has 0 fully saturated rings. The standard InChI is InChI=1S/C17H20N2O3/c1-19(13-3-5-14(20)6-4-13)15(11-18)12-2-7-16-17(10-12)22-9-8-21-16/h2-7,10,15,20H,8-9,11,18H2,1H3. The largest absolute Gasteiger partial charge is 0.508 e. The molecule has 0 spiro atoms. The van der Waals surface area contributed by atoms with Gasteiger partial charge in [-0.2, -0.15) is 0 Å². The van der Waals surface area contributed by atoms with Crippen molar-refractivity contribution < 1.29 is 14.6 Å². The molecule has 1 unspecified atom stereocenters. The highest BCUT2D eigenvalue weighted by Crippen LogP contribution is 2.34. The van der Waals surface area contributed by atoms with E-state index in [1.165, 1.54) is 0 Å². The van der Waals surface area contributed by atoms with E-state index < -0.39 is 0 Å². The highest BCUT2D eigenvalue weighted by Gasteiger charge is 2.19. The van der Waals surface area contributed by atoms with Gasteiger partial charge in [-0.15, -0.1) is 0 Å². The van der Waals surface area contributed by atoms with Crippen molar-refractivity contribution in [2.24, 2.45) is 5.73 Å². The fourth-order valence-electron chi connectivity index (χ4n) is 2.65. The van der Waals surface area contributed by atoms with E-state index in [1.54, 1.807) is 12.1 Å². The van der Waals surface area contributed by atoms with Crippen LogP contribution in [0, 0.1) is 0 Å². The van der Waals surface area contributed by atoms with E-state index in [0.29, 0.717) is 19.8 Å². The van der Waals surface area contributed by atoms with Crippen LogP contribution in [0.15, 0.2) is 42.5 Å². The number of nitrogens with zero attached hydrogens (tertiary/aromatic N) is 1. The molecule has 0 aliphatic carbocycles. The number of hydrogen-bond donors (Lipinski definition) is 2. The van der Waals surface area contributed by atoms with Gasteiger partial charge < -0.3 is 25.2 Å². The summed E-state index contributed by atoms with van der Waals surface area (Å²) in [6.45, 7) is 1.62. The molecule has 2 aromatic rings. The summed E-state index contributed by atoms with van der Waals surface area (Å²) < 4.78 is 11.2. The van der Waals surface area contributed by atoms with Gasteiger partial charge in [0, 0.05) is 19.3 Å². The van der Waals surface area contributed by atoms with Gasteiger partial charge in [0.1, 0.15) is 19.0 Å². The van der Waals surface area contributed by atoms with E-state index in [-0.39, 0.29) is 11.8 Å². The lowest BCUT2D eigenvalue weighted by Gasteiger charge is -2.30.